The third-order valence-electron chi connectivity index (χ3n) is 8.70. The fourth-order valence-electron chi connectivity index (χ4n) is 6.70. The second kappa shape index (κ2) is 6.70. The molecule has 3 rings (SSSR count). The Labute approximate surface area is 162 Å². The predicted octanol–water partition coefficient (Wildman–Crippen LogP) is 2.89. The van der Waals surface area contributed by atoms with Gasteiger partial charge in [0, 0.05) is 23.2 Å². The third-order valence-corrected chi connectivity index (χ3v) is 8.70. The number of carbonyl (C=O) groups is 2. The van der Waals surface area contributed by atoms with Crippen molar-refractivity contribution < 1.29 is 24.5 Å². The lowest BCUT2D eigenvalue weighted by atomic mass is 9.44. The van der Waals surface area contributed by atoms with Gasteiger partial charge in [0.1, 0.15) is 18.5 Å². The van der Waals surface area contributed by atoms with Crippen molar-refractivity contribution in [2.45, 2.75) is 72.0 Å². The maximum absolute atomic E-state index is 13.1. The Bertz CT molecular complexity index is 645. The van der Waals surface area contributed by atoms with E-state index in [1.54, 1.807) is 6.08 Å². The number of ketones is 1. The first-order chi connectivity index (χ1) is 12.6. The molecule has 0 spiro atoms. The molecule has 8 atom stereocenters. The van der Waals surface area contributed by atoms with Crippen molar-refractivity contribution in [1.29, 1.82) is 0 Å². The lowest BCUT2D eigenvalue weighted by molar-refractivity contribution is -0.207. The fourth-order valence-corrected chi connectivity index (χ4v) is 6.70. The number of ether oxygens (including phenoxy) is 1. The number of aliphatic hydroxyl groups excluding tert-OH is 2. The van der Waals surface area contributed by atoms with Gasteiger partial charge >= 0.3 is 5.97 Å². The van der Waals surface area contributed by atoms with Crippen LogP contribution in [0.25, 0.3) is 0 Å². The number of esters is 1. The molecule has 0 aliphatic heterocycles. The summed E-state index contributed by atoms with van der Waals surface area (Å²) >= 11 is 0. The molecule has 0 saturated heterocycles. The van der Waals surface area contributed by atoms with Crippen LogP contribution in [0.5, 0.6) is 0 Å². The van der Waals surface area contributed by atoms with Gasteiger partial charge in [-0.3, -0.25) is 4.79 Å². The summed E-state index contributed by atoms with van der Waals surface area (Å²) in [6.07, 6.45) is 4.10. The van der Waals surface area contributed by atoms with Gasteiger partial charge in [-0.25, -0.2) is 4.79 Å². The Morgan fingerprint density at radius 1 is 1.33 bits per heavy atom. The van der Waals surface area contributed by atoms with Crippen LogP contribution in [0.2, 0.25) is 0 Å². The van der Waals surface area contributed by atoms with E-state index in [9.17, 15) is 19.8 Å². The normalized spacial score (nSPS) is 49.7. The molecule has 0 aromatic rings. The van der Waals surface area contributed by atoms with Crippen molar-refractivity contribution in [3.63, 3.8) is 0 Å². The standard InChI is InChI=1S/C22H34O5/c1-6-20(4)11-16(27-17(25)12-23)21(5)13(2)7-9-22(14(3)19(20)26)10-8-15(24)18(21)22/h6,13-14,16,18-19,23,26H,1,7-12H2,2-5H3/t13-,14+,16+,18-,19-,20+,21-,22-/m0/s1. The van der Waals surface area contributed by atoms with Gasteiger partial charge in [-0.15, -0.1) is 6.58 Å². The second-order valence-electron chi connectivity index (χ2n) is 9.72. The molecule has 0 amide bonds. The van der Waals surface area contributed by atoms with Crippen LogP contribution in [-0.2, 0) is 14.3 Å². The molecule has 0 heterocycles. The Balaban J connectivity index is 2.21. The minimum atomic E-state index is -0.686. The maximum atomic E-state index is 13.1. The SMILES string of the molecule is C=C[C@]1(C)C[C@@H](OC(=O)CO)[C@@]2(C)[C@@H]3C(=O)CC[C@@]3(CC[C@@H]2C)[C@H](C)[C@@H]1O. The summed E-state index contributed by atoms with van der Waals surface area (Å²) < 4.78 is 5.77. The summed E-state index contributed by atoms with van der Waals surface area (Å²) in [5.74, 6) is -0.520. The van der Waals surface area contributed by atoms with E-state index in [0.717, 1.165) is 19.3 Å². The molecule has 3 aliphatic carbocycles. The summed E-state index contributed by atoms with van der Waals surface area (Å²) in [6, 6.07) is 0. The number of rotatable bonds is 3. The Morgan fingerprint density at radius 3 is 2.59 bits per heavy atom. The summed E-state index contributed by atoms with van der Waals surface area (Å²) in [4.78, 5) is 25.2. The Kier molecular flexibility index (Phi) is 5.09. The molecule has 0 aromatic heterocycles. The summed E-state index contributed by atoms with van der Waals surface area (Å²) in [5.41, 5.74) is -1.43. The molecule has 0 unspecified atom stereocenters. The molecule has 2 bridgehead atoms. The zero-order chi connectivity index (χ0) is 20.2. The number of carbonyl (C=O) groups excluding carboxylic acids is 2. The van der Waals surface area contributed by atoms with Crippen molar-refractivity contribution in [3.8, 4) is 0 Å². The quantitative estimate of drug-likeness (QED) is 0.583. The van der Waals surface area contributed by atoms with Crippen LogP contribution in [-0.4, -0.2) is 40.8 Å². The highest BCUT2D eigenvalue weighted by Crippen LogP contribution is 2.67. The highest BCUT2D eigenvalue weighted by molar-refractivity contribution is 5.85. The summed E-state index contributed by atoms with van der Waals surface area (Å²) in [5, 5.41) is 20.6. The van der Waals surface area contributed by atoms with E-state index >= 15 is 0 Å². The van der Waals surface area contributed by atoms with E-state index < -0.39 is 35.6 Å². The summed E-state index contributed by atoms with van der Waals surface area (Å²) in [6.45, 7) is 11.5. The molecule has 0 radical (unpaired) electrons. The van der Waals surface area contributed by atoms with Crippen molar-refractivity contribution in [2.75, 3.05) is 6.61 Å². The van der Waals surface area contributed by atoms with Crippen molar-refractivity contribution in [1.82, 2.24) is 0 Å². The lowest BCUT2D eigenvalue weighted by Gasteiger charge is -2.61. The Hall–Kier alpha value is -1.20. The molecule has 152 valence electrons. The van der Waals surface area contributed by atoms with Gasteiger partial charge in [0.2, 0.25) is 0 Å². The van der Waals surface area contributed by atoms with Crippen LogP contribution in [0.1, 0.15) is 59.8 Å². The third kappa shape index (κ3) is 2.72. The van der Waals surface area contributed by atoms with E-state index in [-0.39, 0.29) is 29.0 Å². The van der Waals surface area contributed by atoms with Crippen LogP contribution in [0, 0.1) is 34.0 Å². The number of hydrogen-bond donors (Lipinski definition) is 2. The average molecular weight is 379 g/mol. The number of hydrogen-bond acceptors (Lipinski definition) is 5. The van der Waals surface area contributed by atoms with Crippen LogP contribution in [0.4, 0.5) is 0 Å². The van der Waals surface area contributed by atoms with E-state index in [1.807, 2.05) is 6.92 Å². The molecule has 5 nitrogen and oxygen atoms in total. The minimum absolute atomic E-state index is 0.0433. The van der Waals surface area contributed by atoms with Crippen LogP contribution >= 0.6 is 0 Å². The van der Waals surface area contributed by atoms with Crippen LogP contribution in [0.15, 0.2) is 12.7 Å². The minimum Gasteiger partial charge on any atom is -0.460 e. The molecule has 3 fully saturated rings. The zero-order valence-electron chi connectivity index (χ0n) is 17.0. The molecule has 3 saturated carbocycles. The van der Waals surface area contributed by atoms with E-state index in [2.05, 4.69) is 27.4 Å². The van der Waals surface area contributed by atoms with E-state index in [4.69, 9.17) is 4.74 Å². The highest BCUT2D eigenvalue weighted by atomic mass is 16.6. The number of aliphatic hydroxyl groups is 2. The van der Waals surface area contributed by atoms with Crippen molar-refractivity contribution in [3.05, 3.63) is 12.7 Å². The lowest BCUT2D eigenvalue weighted by Crippen LogP contribution is -2.63. The Morgan fingerprint density at radius 2 is 2.00 bits per heavy atom. The molecule has 3 aliphatic rings. The van der Waals surface area contributed by atoms with Gasteiger partial charge < -0.3 is 14.9 Å². The smallest absolute Gasteiger partial charge is 0.332 e. The monoisotopic (exact) mass is 378 g/mol. The average Bonchev–Trinajstić information content (AvgIpc) is 3.00. The zero-order valence-corrected chi connectivity index (χ0v) is 17.0. The van der Waals surface area contributed by atoms with Gasteiger partial charge in [0.15, 0.2) is 0 Å². The molecular formula is C22H34O5. The predicted molar refractivity (Wildman–Crippen MR) is 102 cm³/mol. The van der Waals surface area contributed by atoms with E-state index in [1.165, 1.54) is 0 Å². The van der Waals surface area contributed by atoms with Gasteiger partial charge in [-0.05, 0) is 42.9 Å². The van der Waals surface area contributed by atoms with E-state index in [0.29, 0.717) is 12.8 Å². The first kappa shape index (κ1) is 20.5. The van der Waals surface area contributed by atoms with Gasteiger partial charge in [-0.1, -0.05) is 33.8 Å². The maximum Gasteiger partial charge on any atom is 0.332 e. The van der Waals surface area contributed by atoms with Crippen molar-refractivity contribution in [2.24, 2.45) is 34.0 Å². The number of Topliss-reactive ketones (excluding diaryl/α,β-unsaturated/α-hetero) is 1. The van der Waals surface area contributed by atoms with Crippen LogP contribution < -0.4 is 0 Å². The topological polar surface area (TPSA) is 83.8 Å². The molecule has 27 heavy (non-hydrogen) atoms. The first-order valence-corrected chi connectivity index (χ1v) is 10.2. The highest BCUT2D eigenvalue weighted by Gasteiger charge is 2.68. The fraction of sp³-hybridized carbons (Fsp3) is 0.818. The molecular weight excluding hydrogens is 344 g/mol. The van der Waals surface area contributed by atoms with Crippen LogP contribution in [0.3, 0.4) is 0 Å². The largest absolute Gasteiger partial charge is 0.460 e. The summed E-state index contributed by atoms with van der Waals surface area (Å²) in [7, 11) is 0. The molecule has 5 heteroatoms. The van der Waals surface area contributed by atoms with Gasteiger partial charge in [0.25, 0.3) is 0 Å². The first-order valence-electron chi connectivity index (χ1n) is 10.2. The second-order valence-corrected chi connectivity index (χ2v) is 9.72. The van der Waals surface area contributed by atoms with Gasteiger partial charge in [0.05, 0.1) is 6.10 Å². The molecule has 2 N–H and O–H groups in total. The van der Waals surface area contributed by atoms with Crippen molar-refractivity contribution >= 4 is 11.8 Å². The van der Waals surface area contributed by atoms with Gasteiger partial charge in [-0.2, -0.15) is 0 Å². The molecule has 0 aromatic carbocycles.